The molecule has 1 aliphatic rings. The molecule has 0 saturated heterocycles. The van der Waals surface area contributed by atoms with Gasteiger partial charge in [-0.3, -0.25) is 0 Å². The lowest BCUT2D eigenvalue weighted by Crippen LogP contribution is -2.23. The zero-order chi connectivity index (χ0) is 11.1. The number of rotatable bonds is 2. The van der Waals surface area contributed by atoms with Crippen LogP contribution in [0.3, 0.4) is 0 Å². The van der Waals surface area contributed by atoms with E-state index in [-0.39, 0.29) is 11.7 Å². The number of halogens is 1. The summed E-state index contributed by atoms with van der Waals surface area (Å²) in [7, 11) is 0. The van der Waals surface area contributed by atoms with E-state index in [1.165, 1.54) is 6.07 Å². The van der Waals surface area contributed by atoms with E-state index >= 15 is 0 Å². The molecule has 2 rings (SSSR count). The van der Waals surface area contributed by atoms with Gasteiger partial charge in [-0.05, 0) is 32.4 Å². The molecule has 1 aromatic carbocycles. The maximum Gasteiger partial charge on any atom is 0.128 e. The monoisotopic (exact) mass is 209 g/mol. The molecule has 0 radical (unpaired) electrons. The summed E-state index contributed by atoms with van der Waals surface area (Å²) in [4.78, 5) is 0. The van der Waals surface area contributed by atoms with E-state index in [4.69, 9.17) is 0 Å². The lowest BCUT2D eigenvalue weighted by Gasteiger charge is -2.21. The molecule has 82 valence electrons. The minimum atomic E-state index is -0.754. The summed E-state index contributed by atoms with van der Waals surface area (Å²) >= 11 is 0. The van der Waals surface area contributed by atoms with E-state index in [0.29, 0.717) is 13.0 Å². The number of hydrogen-bond donors (Lipinski definition) is 2. The Morgan fingerprint density at radius 1 is 1.53 bits per heavy atom. The van der Waals surface area contributed by atoms with Gasteiger partial charge in [0, 0.05) is 23.7 Å². The average molecular weight is 209 g/mol. The Balaban J connectivity index is 2.28. The smallest absolute Gasteiger partial charge is 0.128 e. The number of benzene rings is 1. The number of nitrogens with one attached hydrogen (secondary N) is 1. The van der Waals surface area contributed by atoms with Crippen molar-refractivity contribution < 1.29 is 9.50 Å². The standard InChI is InChI=1S/C12H16FNO/c1-12(2,15)6-8-7-14-10-5-3-4-9(13)11(8)10/h3-5,8,14-15H,6-7H2,1-2H3. The average Bonchev–Trinajstić information content (AvgIpc) is 2.47. The fourth-order valence-electron chi connectivity index (χ4n) is 2.22. The molecule has 15 heavy (non-hydrogen) atoms. The van der Waals surface area contributed by atoms with Gasteiger partial charge in [0.2, 0.25) is 0 Å². The third-order valence-corrected chi connectivity index (χ3v) is 2.75. The number of fused-ring (bicyclic) bond motifs is 1. The van der Waals surface area contributed by atoms with Gasteiger partial charge < -0.3 is 10.4 Å². The Bertz CT molecular complexity index is 370. The van der Waals surface area contributed by atoms with Crippen LogP contribution in [0.25, 0.3) is 0 Å². The van der Waals surface area contributed by atoms with Crippen LogP contribution >= 0.6 is 0 Å². The second-order valence-corrected chi connectivity index (χ2v) is 4.80. The molecule has 1 unspecified atom stereocenters. The third kappa shape index (κ3) is 2.12. The summed E-state index contributed by atoms with van der Waals surface area (Å²) in [6.45, 7) is 4.22. The van der Waals surface area contributed by atoms with Gasteiger partial charge in [0.15, 0.2) is 0 Å². The Kier molecular flexibility index (Phi) is 2.43. The van der Waals surface area contributed by atoms with Gasteiger partial charge in [0.05, 0.1) is 5.60 Å². The first-order valence-electron chi connectivity index (χ1n) is 5.22. The SMILES string of the molecule is CC(C)(O)CC1CNc2cccc(F)c21. The summed E-state index contributed by atoms with van der Waals surface area (Å²) in [6.07, 6.45) is 0.577. The maximum absolute atomic E-state index is 13.6. The molecule has 0 aliphatic carbocycles. The predicted octanol–water partition coefficient (Wildman–Crippen LogP) is 2.50. The summed E-state index contributed by atoms with van der Waals surface area (Å²) in [5.74, 6) is -0.104. The van der Waals surface area contributed by atoms with Crippen molar-refractivity contribution in [2.24, 2.45) is 0 Å². The van der Waals surface area contributed by atoms with Gasteiger partial charge in [0.25, 0.3) is 0 Å². The first-order chi connectivity index (χ1) is 6.97. The Morgan fingerprint density at radius 3 is 2.93 bits per heavy atom. The van der Waals surface area contributed by atoms with Crippen LogP contribution < -0.4 is 5.32 Å². The summed E-state index contributed by atoms with van der Waals surface area (Å²) in [5, 5.41) is 12.9. The molecule has 3 heteroatoms. The molecule has 1 aliphatic heterocycles. The molecule has 0 saturated carbocycles. The van der Waals surface area contributed by atoms with Crippen LogP contribution in [0.1, 0.15) is 31.7 Å². The second-order valence-electron chi connectivity index (χ2n) is 4.80. The van der Waals surface area contributed by atoms with Gasteiger partial charge in [0.1, 0.15) is 5.82 Å². The highest BCUT2D eigenvalue weighted by Crippen LogP contribution is 2.37. The van der Waals surface area contributed by atoms with E-state index < -0.39 is 5.60 Å². The highest BCUT2D eigenvalue weighted by Gasteiger charge is 2.29. The largest absolute Gasteiger partial charge is 0.390 e. The quantitative estimate of drug-likeness (QED) is 0.784. The van der Waals surface area contributed by atoms with Crippen LogP contribution in [-0.2, 0) is 0 Å². The number of hydrogen-bond acceptors (Lipinski definition) is 2. The second kappa shape index (κ2) is 3.49. The molecule has 0 amide bonds. The van der Waals surface area contributed by atoms with E-state index in [2.05, 4.69) is 5.32 Å². The van der Waals surface area contributed by atoms with Crippen molar-refractivity contribution in [1.82, 2.24) is 0 Å². The Morgan fingerprint density at radius 2 is 2.27 bits per heavy atom. The maximum atomic E-state index is 13.6. The van der Waals surface area contributed by atoms with Crippen LogP contribution in [-0.4, -0.2) is 17.3 Å². The molecule has 0 bridgehead atoms. The molecule has 1 aromatic rings. The predicted molar refractivity (Wildman–Crippen MR) is 58.5 cm³/mol. The van der Waals surface area contributed by atoms with Crippen molar-refractivity contribution in [2.45, 2.75) is 31.8 Å². The topological polar surface area (TPSA) is 32.3 Å². The highest BCUT2D eigenvalue weighted by atomic mass is 19.1. The first kappa shape index (κ1) is 10.4. The lowest BCUT2D eigenvalue weighted by molar-refractivity contribution is 0.0645. The lowest BCUT2D eigenvalue weighted by atomic mass is 9.89. The molecule has 2 N–H and O–H groups in total. The van der Waals surface area contributed by atoms with Gasteiger partial charge in [-0.1, -0.05) is 6.07 Å². The number of aliphatic hydroxyl groups is 1. The van der Waals surface area contributed by atoms with Crippen molar-refractivity contribution in [1.29, 1.82) is 0 Å². The summed E-state index contributed by atoms with van der Waals surface area (Å²) in [5.41, 5.74) is 0.833. The van der Waals surface area contributed by atoms with Crippen LogP contribution in [0.15, 0.2) is 18.2 Å². The van der Waals surface area contributed by atoms with Crippen LogP contribution in [0, 0.1) is 5.82 Å². The minimum absolute atomic E-state index is 0.0706. The van der Waals surface area contributed by atoms with Gasteiger partial charge in [-0.2, -0.15) is 0 Å². The molecule has 0 aromatic heterocycles. The zero-order valence-corrected chi connectivity index (χ0v) is 9.05. The van der Waals surface area contributed by atoms with Crippen molar-refractivity contribution in [3.63, 3.8) is 0 Å². The van der Waals surface area contributed by atoms with Gasteiger partial charge in [-0.25, -0.2) is 4.39 Å². The van der Waals surface area contributed by atoms with Crippen molar-refractivity contribution in [2.75, 3.05) is 11.9 Å². The van der Waals surface area contributed by atoms with Crippen molar-refractivity contribution in [3.05, 3.63) is 29.6 Å². The first-order valence-corrected chi connectivity index (χ1v) is 5.22. The van der Waals surface area contributed by atoms with Gasteiger partial charge >= 0.3 is 0 Å². The van der Waals surface area contributed by atoms with Crippen molar-refractivity contribution >= 4 is 5.69 Å². The van der Waals surface area contributed by atoms with Crippen LogP contribution in [0.5, 0.6) is 0 Å². The molecule has 0 spiro atoms. The highest BCUT2D eigenvalue weighted by molar-refractivity contribution is 5.58. The summed E-state index contributed by atoms with van der Waals surface area (Å²) < 4.78 is 13.6. The van der Waals surface area contributed by atoms with E-state index in [1.54, 1.807) is 19.9 Å². The normalized spacial score (nSPS) is 19.9. The van der Waals surface area contributed by atoms with Crippen LogP contribution in [0.2, 0.25) is 0 Å². The number of anilines is 1. The van der Waals surface area contributed by atoms with E-state index in [1.807, 2.05) is 6.07 Å². The minimum Gasteiger partial charge on any atom is -0.390 e. The molecular weight excluding hydrogens is 193 g/mol. The molecule has 1 atom stereocenters. The van der Waals surface area contributed by atoms with Crippen molar-refractivity contribution in [3.8, 4) is 0 Å². The molecule has 1 heterocycles. The fourth-order valence-corrected chi connectivity index (χ4v) is 2.22. The summed E-state index contributed by atoms with van der Waals surface area (Å²) in [6, 6.07) is 5.06. The fraction of sp³-hybridized carbons (Fsp3) is 0.500. The zero-order valence-electron chi connectivity index (χ0n) is 9.05. The Hall–Kier alpha value is -1.09. The molecular formula is C12H16FNO. The molecule has 2 nitrogen and oxygen atoms in total. The van der Waals surface area contributed by atoms with E-state index in [0.717, 1.165) is 11.3 Å². The van der Waals surface area contributed by atoms with E-state index in [9.17, 15) is 9.50 Å². The van der Waals surface area contributed by atoms with Gasteiger partial charge in [-0.15, -0.1) is 0 Å². The Labute approximate surface area is 89.1 Å². The third-order valence-electron chi connectivity index (χ3n) is 2.75. The molecule has 0 fully saturated rings. The van der Waals surface area contributed by atoms with Crippen LogP contribution in [0.4, 0.5) is 10.1 Å².